The van der Waals surface area contributed by atoms with Gasteiger partial charge < -0.3 is 0 Å². The number of carbonyl (C=O) groups is 1. The maximum atomic E-state index is 13.3. The van der Waals surface area contributed by atoms with Gasteiger partial charge in [0.2, 0.25) is 0 Å². The molecule has 0 aromatic heterocycles. The van der Waals surface area contributed by atoms with Crippen molar-refractivity contribution in [3.63, 3.8) is 0 Å². The topological polar surface area (TPSA) is 17.1 Å². The fourth-order valence-corrected chi connectivity index (χ4v) is 7.22. The molecule has 0 atom stereocenters. The van der Waals surface area contributed by atoms with Gasteiger partial charge in [0.15, 0.2) is 5.78 Å². The van der Waals surface area contributed by atoms with Crippen LogP contribution in [-0.4, -0.2) is 5.78 Å². The molecule has 0 saturated heterocycles. The van der Waals surface area contributed by atoms with E-state index in [1.165, 1.54) is 64.6 Å². The lowest BCUT2D eigenvalue weighted by Gasteiger charge is -2.16. The second-order valence-electron chi connectivity index (χ2n) is 11.6. The Balaban J connectivity index is 1.41. The van der Waals surface area contributed by atoms with Crippen molar-refractivity contribution in [3.05, 3.63) is 169 Å². The van der Waals surface area contributed by atoms with Crippen LogP contribution in [0.5, 0.6) is 0 Å². The first-order valence-electron chi connectivity index (χ1n) is 15.1. The Morgan fingerprint density at radius 3 is 1.27 bits per heavy atom. The zero-order chi connectivity index (χ0) is 29.2. The van der Waals surface area contributed by atoms with Crippen LogP contribution in [0.1, 0.15) is 15.9 Å². The molecule has 0 fully saturated rings. The van der Waals surface area contributed by atoms with Crippen molar-refractivity contribution in [2.24, 2.45) is 0 Å². The minimum atomic E-state index is 0.0349. The average molecular weight is 559 g/mol. The van der Waals surface area contributed by atoms with E-state index < -0.39 is 0 Å². The summed E-state index contributed by atoms with van der Waals surface area (Å²) in [5, 5.41) is 15.1. The second kappa shape index (κ2) is 9.62. The molecule has 0 spiro atoms. The summed E-state index contributed by atoms with van der Waals surface area (Å²) in [6, 6.07) is 55.4. The Labute approximate surface area is 254 Å². The van der Waals surface area contributed by atoms with E-state index in [-0.39, 0.29) is 5.78 Å². The molecule has 0 unspecified atom stereocenters. The van der Waals surface area contributed by atoms with Gasteiger partial charge in [-0.15, -0.1) is 0 Å². The van der Waals surface area contributed by atoms with E-state index >= 15 is 0 Å². The molecule has 0 N–H and O–H groups in total. The number of ketones is 1. The molecule has 0 radical (unpaired) electrons. The van der Waals surface area contributed by atoms with Gasteiger partial charge in [0, 0.05) is 11.1 Å². The van der Waals surface area contributed by atoms with Crippen LogP contribution < -0.4 is 0 Å². The van der Waals surface area contributed by atoms with Crippen molar-refractivity contribution in [1.82, 2.24) is 0 Å². The van der Waals surface area contributed by atoms with Crippen molar-refractivity contribution in [1.29, 1.82) is 0 Å². The van der Waals surface area contributed by atoms with E-state index in [4.69, 9.17) is 0 Å². The summed E-state index contributed by atoms with van der Waals surface area (Å²) < 4.78 is 0. The summed E-state index contributed by atoms with van der Waals surface area (Å²) in [6.45, 7) is 0. The number of carbonyl (C=O) groups excluding carboxylic acids is 1. The van der Waals surface area contributed by atoms with Gasteiger partial charge in [-0.3, -0.25) is 4.79 Å². The SMILES string of the molecule is O=C(c1ccccc1)c1cccc(-c2ccc3c(c2)c2ccccc2c2cccc4c5ccccc5c5cccc3c5c24)c1. The molecule has 0 aliphatic heterocycles. The molecule has 9 aromatic carbocycles. The molecular formula is C43H26O. The fourth-order valence-electron chi connectivity index (χ4n) is 7.22. The lowest BCUT2D eigenvalue weighted by Crippen LogP contribution is -2.00. The van der Waals surface area contributed by atoms with Crippen LogP contribution in [-0.2, 0) is 0 Å². The highest BCUT2D eigenvalue weighted by atomic mass is 16.1. The van der Waals surface area contributed by atoms with Crippen molar-refractivity contribution in [2.75, 3.05) is 0 Å². The standard InChI is InChI=1S/C43H26O/c44-43(27-11-2-1-3-12-27)30-14-8-13-28(25-30)29-23-24-35-39-22-10-20-37-32-16-5-4-15-31(32)36-19-9-21-38(41(36)42(37)39)33-17-6-7-18-34(33)40(35)26-29/h1-26H. The number of rotatable bonds is 3. The summed E-state index contributed by atoms with van der Waals surface area (Å²) in [7, 11) is 0. The molecule has 1 heteroatoms. The lowest BCUT2D eigenvalue weighted by atomic mass is 9.86. The Hall–Kier alpha value is -5.79. The van der Waals surface area contributed by atoms with E-state index in [9.17, 15) is 4.79 Å². The third kappa shape index (κ3) is 3.63. The molecule has 1 nitrogen and oxygen atoms in total. The Morgan fingerprint density at radius 1 is 0.295 bits per heavy atom. The van der Waals surface area contributed by atoms with E-state index in [1.807, 2.05) is 48.5 Å². The molecule has 0 aliphatic rings. The number of benzene rings is 8. The van der Waals surface area contributed by atoms with Crippen LogP contribution in [0.15, 0.2) is 158 Å². The van der Waals surface area contributed by atoms with Gasteiger partial charge in [-0.25, -0.2) is 0 Å². The summed E-state index contributed by atoms with van der Waals surface area (Å²) >= 11 is 0. The molecule has 0 amide bonds. The first-order valence-corrected chi connectivity index (χ1v) is 15.1. The normalized spacial score (nSPS) is 11.7. The molecule has 9 rings (SSSR count). The van der Waals surface area contributed by atoms with Crippen LogP contribution in [0.3, 0.4) is 0 Å². The fraction of sp³-hybridized carbons (Fsp3) is 0. The van der Waals surface area contributed by atoms with Gasteiger partial charge in [-0.05, 0) is 87.9 Å². The van der Waals surface area contributed by atoms with Gasteiger partial charge >= 0.3 is 0 Å². The first-order chi connectivity index (χ1) is 21.8. The van der Waals surface area contributed by atoms with Crippen LogP contribution in [0.25, 0.3) is 75.8 Å². The molecule has 0 heterocycles. The number of hydrogen-bond donors (Lipinski definition) is 0. The summed E-state index contributed by atoms with van der Waals surface area (Å²) in [5.41, 5.74) is 3.51. The average Bonchev–Trinajstić information content (AvgIpc) is 3.10. The van der Waals surface area contributed by atoms with Crippen LogP contribution in [0.4, 0.5) is 0 Å². The van der Waals surface area contributed by atoms with E-state index in [2.05, 4.69) is 109 Å². The van der Waals surface area contributed by atoms with E-state index in [1.54, 1.807) is 0 Å². The van der Waals surface area contributed by atoms with E-state index in [0.717, 1.165) is 11.1 Å². The second-order valence-corrected chi connectivity index (χ2v) is 11.6. The van der Waals surface area contributed by atoms with Crippen molar-refractivity contribution in [2.45, 2.75) is 0 Å². The van der Waals surface area contributed by atoms with Gasteiger partial charge in [0.1, 0.15) is 0 Å². The van der Waals surface area contributed by atoms with Crippen molar-refractivity contribution in [3.8, 4) is 11.1 Å². The lowest BCUT2D eigenvalue weighted by molar-refractivity contribution is 0.103. The minimum absolute atomic E-state index is 0.0349. The molecule has 0 saturated carbocycles. The largest absolute Gasteiger partial charge is 0.289 e. The zero-order valence-corrected chi connectivity index (χ0v) is 23.9. The third-order valence-corrected chi connectivity index (χ3v) is 9.20. The van der Waals surface area contributed by atoms with Crippen LogP contribution >= 0.6 is 0 Å². The minimum Gasteiger partial charge on any atom is -0.289 e. The van der Waals surface area contributed by atoms with E-state index in [0.29, 0.717) is 11.1 Å². The molecule has 0 aliphatic carbocycles. The maximum Gasteiger partial charge on any atom is 0.193 e. The van der Waals surface area contributed by atoms with Gasteiger partial charge in [-0.2, -0.15) is 0 Å². The van der Waals surface area contributed by atoms with Crippen LogP contribution in [0, 0.1) is 0 Å². The Kier molecular flexibility index (Phi) is 5.42. The van der Waals surface area contributed by atoms with Crippen molar-refractivity contribution >= 4 is 70.4 Å². The highest BCUT2D eigenvalue weighted by Crippen LogP contribution is 2.44. The smallest absolute Gasteiger partial charge is 0.193 e. The quantitative estimate of drug-likeness (QED) is 0.156. The highest BCUT2D eigenvalue weighted by Gasteiger charge is 2.16. The van der Waals surface area contributed by atoms with Gasteiger partial charge in [0.25, 0.3) is 0 Å². The highest BCUT2D eigenvalue weighted by molar-refractivity contribution is 6.38. The predicted molar refractivity (Wildman–Crippen MR) is 187 cm³/mol. The van der Waals surface area contributed by atoms with Crippen molar-refractivity contribution < 1.29 is 4.79 Å². The maximum absolute atomic E-state index is 13.3. The Bertz CT molecular complexity index is 2610. The third-order valence-electron chi connectivity index (χ3n) is 9.20. The zero-order valence-electron chi connectivity index (χ0n) is 23.9. The molecular weight excluding hydrogens is 532 g/mol. The number of fused-ring (bicyclic) bond motifs is 8. The molecule has 204 valence electrons. The summed E-state index contributed by atoms with van der Waals surface area (Å²) in [5.74, 6) is 0.0349. The first kappa shape index (κ1) is 24.8. The van der Waals surface area contributed by atoms with Gasteiger partial charge in [-0.1, -0.05) is 146 Å². The monoisotopic (exact) mass is 558 g/mol. The van der Waals surface area contributed by atoms with Crippen LogP contribution in [0.2, 0.25) is 0 Å². The molecule has 44 heavy (non-hydrogen) atoms. The predicted octanol–water partition coefficient (Wildman–Crippen LogP) is 11.5. The Morgan fingerprint density at radius 2 is 0.705 bits per heavy atom. The summed E-state index contributed by atoms with van der Waals surface area (Å²) in [6.07, 6.45) is 0. The summed E-state index contributed by atoms with van der Waals surface area (Å²) in [4.78, 5) is 13.3. The van der Waals surface area contributed by atoms with Gasteiger partial charge in [0.05, 0.1) is 0 Å². The number of hydrogen-bond acceptors (Lipinski definition) is 1. The molecule has 0 bridgehead atoms. The molecule has 9 aromatic rings.